The Labute approximate surface area is 135 Å². The van der Waals surface area contributed by atoms with Crippen molar-refractivity contribution in [2.24, 2.45) is 0 Å². The summed E-state index contributed by atoms with van der Waals surface area (Å²) in [6.07, 6.45) is 20.5. The van der Waals surface area contributed by atoms with E-state index in [9.17, 15) is 0 Å². The Balaban J connectivity index is 1.85. The zero-order chi connectivity index (χ0) is 15.6. The molecular weight excluding hydrogens is 268 g/mol. The lowest BCUT2D eigenvalue weighted by molar-refractivity contribution is -0.697. The van der Waals surface area contributed by atoms with E-state index < -0.39 is 0 Å². The van der Waals surface area contributed by atoms with Gasteiger partial charge in [-0.2, -0.15) is 0 Å². The Morgan fingerprint density at radius 2 is 1.86 bits per heavy atom. The van der Waals surface area contributed by atoms with E-state index in [0.717, 1.165) is 19.6 Å². The molecule has 0 N–H and O–H groups in total. The first kappa shape index (κ1) is 16.5. The molecule has 2 heteroatoms. The van der Waals surface area contributed by atoms with Gasteiger partial charge < -0.3 is 4.90 Å². The average molecular weight is 297 g/mol. The summed E-state index contributed by atoms with van der Waals surface area (Å²) in [4.78, 5) is 2.38. The molecule has 0 atom stereocenters. The SMILES string of the molecule is CCCCN1C=CC(/C=C/c2cc[n+](CCCC)cc2)=CC1. The molecule has 0 unspecified atom stereocenters. The van der Waals surface area contributed by atoms with Gasteiger partial charge in [0.25, 0.3) is 0 Å². The summed E-state index contributed by atoms with van der Waals surface area (Å²) in [5, 5.41) is 0. The fraction of sp³-hybridized carbons (Fsp3) is 0.450. The van der Waals surface area contributed by atoms with Crippen LogP contribution >= 0.6 is 0 Å². The fourth-order valence-electron chi connectivity index (χ4n) is 2.46. The first-order valence-electron chi connectivity index (χ1n) is 8.61. The van der Waals surface area contributed by atoms with Crippen molar-refractivity contribution in [2.45, 2.75) is 46.1 Å². The molecule has 1 aliphatic rings. The first-order chi connectivity index (χ1) is 10.8. The van der Waals surface area contributed by atoms with Crippen LogP contribution < -0.4 is 4.57 Å². The van der Waals surface area contributed by atoms with Gasteiger partial charge in [-0.3, -0.25) is 0 Å². The van der Waals surface area contributed by atoms with Gasteiger partial charge in [0.05, 0.1) is 0 Å². The maximum atomic E-state index is 2.38. The molecule has 2 rings (SSSR count). The van der Waals surface area contributed by atoms with Crippen molar-refractivity contribution in [1.82, 2.24) is 4.90 Å². The average Bonchev–Trinajstić information content (AvgIpc) is 2.58. The van der Waals surface area contributed by atoms with Crippen LogP contribution in [0.15, 0.2) is 54.5 Å². The number of unbranched alkanes of at least 4 members (excludes halogenated alkanes) is 2. The fourth-order valence-corrected chi connectivity index (χ4v) is 2.46. The van der Waals surface area contributed by atoms with E-state index in [1.165, 1.54) is 36.8 Å². The molecule has 0 radical (unpaired) electrons. The van der Waals surface area contributed by atoms with Crippen LogP contribution in [0.3, 0.4) is 0 Å². The normalized spacial score (nSPS) is 14.6. The van der Waals surface area contributed by atoms with Crippen molar-refractivity contribution in [1.29, 1.82) is 0 Å². The highest BCUT2D eigenvalue weighted by Gasteiger charge is 2.02. The molecule has 1 aliphatic heterocycles. The van der Waals surface area contributed by atoms with Crippen molar-refractivity contribution in [3.8, 4) is 0 Å². The Hall–Kier alpha value is -1.83. The molecule has 0 saturated carbocycles. The number of allylic oxidation sites excluding steroid dienone is 3. The number of rotatable bonds is 8. The quantitative estimate of drug-likeness (QED) is 0.647. The zero-order valence-corrected chi connectivity index (χ0v) is 14.0. The van der Waals surface area contributed by atoms with Crippen LogP contribution in [-0.4, -0.2) is 18.0 Å². The van der Waals surface area contributed by atoms with Crippen LogP contribution in [0.4, 0.5) is 0 Å². The lowest BCUT2D eigenvalue weighted by atomic mass is 10.1. The Bertz CT molecular complexity index is 523. The Morgan fingerprint density at radius 3 is 2.50 bits per heavy atom. The molecule has 1 aromatic rings. The third-order valence-electron chi connectivity index (χ3n) is 3.99. The monoisotopic (exact) mass is 297 g/mol. The minimum absolute atomic E-state index is 1.03. The number of aromatic nitrogens is 1. The second-order valence-electron chi connectivity index (χ2n) is 5.92. The summed E-state index contributed by atoms with van der Waals surface area (Å²) in [7, 11) is 0. The van der Waals surface area contributed by atoms with Crippen molar-refractivity contribution in [3.05, 3.63) is 60.1 Å². The van der Waals surface area contributed by atoms with E-state index in [4.69, 9.17) is 0 Å². The second-order valence-corrected chi connectivity index (χ2v) is 5.92. The van der Waals surface area contributed by atoms with E-state index in [-0.39, 0.29) is 0 Å². The van der Waals surface area contributed by atoms with Crippen LogP contribution in [0.5, 0.6) is 0 Å². The van der Waals surface area contributed by atoms with Gasteiger partial charge in [-0.15, -0.1) is 0 Å². The van der Waals surface area contributed by atoms with Gasteiger partial charge in [-0.1, -0.05) is 44.9 Å². The smallest absolute Gasteiger partial charge is 0.169 e. The molecular formula is C20H29N2+. The maximum Gasteiger partial charge on any atom is 0.169 e. The van der Waals surface area contributed by atoms with Gasteiger partial charge in [0.2, 0.25) is 0 Å². The van der Waals surface area contributed by atoms with Crippen molar-refractivity contribution in [3.63, 3.8) is 0 Å². The summed E-state index contributed by atoms with van der Waals surface area (Å²) < 4.78 is 2.26. The molecule has 0 aliphatic carbocycles. The molecule has 118 valence electrons. The van der Waals surface area contributed by atoms with E-state index >= 15 is 0 Å². The Morgan fingerprint density at radius 1 is 1.09 bits per heavy atom. The highest BCUT2D eigenvalue weighted by Crippen LogP contribution is 2.11. The van der Waals surface area contributed by atoms with Crippen LogP contribution in [0.2, 0.25) is 0 Å². The largest absolute Gasteiger partial charge is 0.374 e. The predicted molar refractivity (Wildman–Crippen MR) is 94.3 cm³/mol. The van der Waals surface area contributed by atoms with E-state index in [2.05, 4.69) is 78.3 Å². The highest BCUT2D eigenvalue weighted by molar-refractivity contribution is 5.54. The van der Waals surface area contributed by atoms with Crippen LogP contribution in [-0.2, 0) is 6.54 Å². The molecule has 0 fully saturated rings. The molecule has 2 nitrogen and oxygen atoms in total. The predicted octanol–water partition coefficient (Wildman–Crippen LogP) is 4.34. The molecule has 2 heterocycles. The lowest BCUT2D eigenvalue weighted by Crippen LogP contribution is -2.32. The van der Waals surface area contributed by atoms with Gasteiger partial charge in [0.15, 0.2) is 12.4 Å². The molecule has 0 saturated heterocycles. The van der Waals surface area contributed by atoms with Gasteiger partial charge in [0.1, 0.15) is 6.54 Å². The van der Waals surface area contributed by atoms with Crippen molar-refractivity contribution >= 4 is 6.08 Å². The summed E-state index contributed by atoms with van der Waals surface area (Å²) in [5.41, 5.74) is 2.56. The number of aryl methyl sites for hydroxylation is 1. The topological polar surface area (TPSA) is 7.12 Å². The summed E-state index contributed by atoms with van der Waals surface area (Å²) in [5.74, 6) is 0. The van der Waals surface area contributed by atoms with E-state index in [1.807, 2.05) is 0 Å². The van der Waals surface area contributed by atoms with E-state index in [0.29, 0.717) is 0 Å². The van der Waals surface area contributed by atoms with Crippen LogP contribution in [0.25, 0.3) is 6.08 Å². The third-order valence-corrected chi connectivity index (χ3v) is 3.99. The minimum Gasteiger partial charge on any atom is -0.374 e. The van der Waals surface area contributed by atoms with Gasteiger partial charge in [-0.25, -0.2) is 4.57 Å². The zero-order valence-electron chi connectivity index (χ0n) is 14.0. The Kier molecular flexibility index (Phi) is 6.95. The standard InChI is InChI=1S/C20H29N2/c1-3-5-13-21-15-9-19(10-16-21)7-8-20-11-17-22(18-12-20)14-6-4-2/h7-12,15-17H,3-6,13-14,18H2,1-2H3/q+1/b8-7+. The highest BCUT2D eigenvalue weighted by atomic mass is 15.1. The molecule has 0 spiro atoms. The second kappa shape index (κ2) is 9.24. The minimum atomic E-state index is 1.03. The lowest BCUT2D eigenvalue weighted by Gasteiger charge is -2.21. The van der Waals surface area contributed by atoms with Crippen molar-refractivity contribution < 1.29 is 4.57 Å². The summed E-state index contributed by atoms with van der Waals surface area (Å²) >= 11 is 0. The number of hydrogen-bond donors (Lipinski definition) is 0. The summed E-state index contributed by atoms with van der Waals surface area (Å²) in [6.45, 7) is 7.77. The van der Waals surface area contributed by atoms with Gasteiger partial charge in [-0.05, 0) is 29.8 Å². The molecule has 1 aromatic heterocycles. The number of pyridine rings is 1. The van der Waals surface area contributed by atoms with Gasteiger partial charge >= 0.3 is 0 Å². The molecule has 0 bridgehead atoms. The van der Waals surface area contributed by atoms with Crippen LogP contribution in [0.1, 0.15) is 45.1 Å². The van der Waals surface area contributed by atoms with E-state index in [1.54, 1.807) is 0 Å². The van der Waals surface area contributed by atoms with Crippen molar-refractivity contribution in [2.75, 3.05) is 13.1 Å². The number of nitrogens with zero attached hydrogens (tertiary/aromatic N) is 2. The van der Waals surface area contributed by atoms with Gasteiger partial charge in [0, 0.05) is 31.6 Å². The molecule has 22 heavy (non-hydrogen) atoms. The molecule has 0 aromatic carbocycles. The number of hydrogen-bond acceptors (Lipinski definition) is 1. The third kappa shape index (κ3) is 5.51. The summed E-state index contributed by atoms with van der Waals surface area (Å²) in [6, 6.07) is 4.37. The first-order valence-corrected chi connectivity index (χ1v) is 8.61. The maximum absolute atomic E-state index is 2.38. The molecule has 0 amide bonds. The van der Waals surface area contributed by atoms with Crippen LogP contribution in [0, 0.1) is 0 Å².